The third-order valence-corrected chi connectivity index (χ3v) is 3.98. The van der Waals surface area contributed by atoms with Crippen molar-refractivity contribution in [3.63, 3.8) is 0 Å². The molecule has 18 heavy (non-hydrogen) atoms. The van der Waals surface area contributed by atoms with Gasteiger partial charge in [0.15, 0.2) is 5.78 Å². The van der Waals surface area contributed by atoms with Gasteiger partial charge in [-0.3, -0.25) is 14.9 Å². The molecule has 0 spiro atoms. The lowest BCUT2D eigenvalue weighted by Gasteiger charge is -2.07. The maximum atomic E-state index is 11.8. The fraction of sp³-hybridized carbons (Fsp3) is 0.462. The number of benzene rings is 1. The van der Waals surface area contributed by atoms with E-state index in [0.717, 1.165) is 12.2 Å². The van der Waals surface area contributed by atoms with Gasteiger partial charge in [0.05, 0.1) is 10.7 Å². The van der Waals surface area contributed by atoms with Gasteiger partial charge >= 0.3 is 0 Å². The van der Waals surface area contributed by atoms with Crippen LogP contribution in [0.1, 0.15) is 30.6 Å². The van der Waals surface area contributed by atoms with E-state index >= 15 is 0 Å². The molecule has 0 heterocycles. The molecule has 5 heteroatoms. The molecule has 0 fully saturated rings. The van der Waals surface area contributed by atoms with Crippen molar-refractivity contribution in [2.24, 2.45) is 5.92 Å². The summed E-state index contributed by atoms with van der Waals surface area (Å²) in [6.45, 7) is 4.26. The Morgan fingerprint density at radius 3 is 2.83 bits per heavy atom. The van der Waals surface area contributed by atoms with Crippen LogP contribution in [-0.2, 0) is 0 Å². The highest BCUT2D eigenvalue weighted by Gasteiger charge is 2.11. The summed E-state index contributed by atoms with van der Waals surface area (Å²) < 4.78 is 0. The molecule has 1 unspecified atom stereocenters. The van der Waals surface area contributed by atoms with Crippen LogP contribution in [0.15, 0.2) is 24.3 Å². The van der Waals surface area contributed by atoms with Crippen LogP contribution >= 0.6 is 11.8 Å². The first-order valence-corrected chi connectivity index (χ1v) is 7.05. The lowest BCUT2D eigenvalue weighted by Crippen LogP contribution is -2.05. The second-order valence-electron chi connectivity index (χ2n) is 4.26. The Morgan fingerprint density at radius 2 is 2.22 bits per heavy atom. The highest BCUT2D eigenvalue weighted by molar-refractivity contribution is 7.99. The Kier molecular flexibility index (Phi) is 5.85. The summed E-state index contributed by atoms with van der Waals surface area (Å²) in [6, 6.07) is 5.90. The minimum atomic E-state index is -0.483. The number of non-ortho nitro benzene ring substituents is 1. The Hall–Kier alpha value is -1.36. The predicted molar refractivity (Wildman–Crippen MR) is 74.2 cm³/mol. The molecule has 0 saturated carbocycles. The van der Waals surface area contributed by atoms with Gasteiger partial charge in [-0.1, -0.05) is 32.4 Å². The van der Waals surface area contributed by atoms with Gasteiger partial charge < -0.3 is 0 Å². The summed E-state index contributed by atoms with van der Waals surface area (Å²) in [7, 11) is 0. The zero-order valence-corrected chi connectivity index (χ0v) is 11.4. The standard InChI is InChI=1S/C13H17NO3S/c1-3-10(2)8-18-9-13(15)11-5-4-6-12(7-11)14(16)17/h4-7,10H,3,8-9H2,1-2H3. The maximum absolute atomic E-state index is 11.8. The molecule has 0 aliphatic heterocycles. The molecular formula is C13H17NO3S. The molecule has 0 saturated heterocycles. The Morgan fingerprint density at radius 1 is 1.50 bits per heavy atom. The minimum Gasteiger partial charge on any atom is -0.293 e. The normalized spacial score (nSPS) is 12.1. The molecule has 1 rings (SSSR count). The molecule has 0 N–H and O–H groups in total. The third kappa shape index (κ3) is 4.49. The average molecular weight is 267 g/mol. The summed E-state index contributed by atoms with van der Waals surface area (Å²) in [6.07, 6.45) is 1.10. The summed E-state index contributed by atoms with van der Waals surface area (Å²) >= 11 is 1.58. The summed E-state index contributed by atoms with van der Waals surface area (Å²) in [5.41, 5.74) is 0.383. The van der Waals surface area contributed by atoms with Gasteiger partial charge in [0, 0.05) is 17.7 Å². The highest BCUT2D eigenvalue weighted by Crippen LogP contribution is 2.17. The summed E-state index contributed by atoms with van der Waals surface area (Å²) in [5.74, 6) is 1.86. The third-order valence-electron chi connectivity index (χ3n) is 2.71. The fourth-order valence-electron chi connectivity index (χ4n) is 1.35. The van der Waals surface area contributed by atoms with Crippen LogP contribution in [0.3, 0.4) is 0 Å². The van der Waals surface area contributed by atoms with Crippen molar-refractivity contribution < 1.29 is 9.72 Å². The first-order chi connectivity index (χ1) is 8.54. The molecule has 1 atom stereocenters. The lowest BCUT2D eigenvalue weighted by atomic mass is 10.1. The number of ketones is 1. The molecule has 0 bridgehead atoms. The van der Waals surface area contributed by atoms with Crippen molar-refractivity contribution in [2.45, 2.75) is 20.3 Å². The van der Waals surface area contributed by atoms with Crippen LogP contribution in [-0.4, -0.2) is 22.2 Å². The Balaban J connectivity index is 2.56. The molecule has 0 aliphatic rings. The number of hydrogen-bond donors (Lipinski definition) is 0. The zero-order valence-electron chi connectivity index (χ0n) is 10.6. The Bertz CT molecular complexity index is 434. The minimum absolute atomic E-state index is 0.0345. The number of rotatable bonds is 7. The van der Waals surface area contributed by atoms with E-state index in [1.165, 1.54) is 12.1 Å². The number of carbonyl (C=O) groups is 1. The van der Waals surface area contributed by atoms with E-state index in [1.807, 2.05) is 0 Å². The van der Waals surface area contributed by atoms with Gasteiger partial charge in [-0.05, 0) is 11.7 Å². The van der Waals surface area contributed by atoms with Crippen LogP contribution in [0, 0.1) is 16.0 Å². The van der Waals surface area contributed by atoms with E-state index < -0.39 is 4.92 Å². The van der Waals surface area contributed by atoms with E-state index in [2.05, 4.69) is 13.8 Å². The fourth-order valence-corrected chi connectivity index (χ4v) is 2.45. The molecule has 1 aromatic carbocycles. The van der Waals surface area contributed by atoms with Gasteiger partial charge in [-0.15, -0.1) is 0 Å². The number of Topliss-reactive ketones (excluding diaryl/α,β-unsaturated/α-hetero) is 1. The molecule has 0 amide bonds. The molecular weight excluding hydrogens is 250 g/mol. The highest BCUT2D eigenvalue weighted by atomic mass is 32.2. The van der Waals surface area contributed by atoms with Gasteiger partial charge in [-0.25, -0.2) is 0 Å². The molecule has 98 valence electrons. The average Bonchev–Trinajstić information content (AvgIpc) is 2.38. The van der Waals surface area contributed by atoms with Crippen molar-refractivity contribution in [1.82, 2.24) is 0 Å². The van der Waals surface area contributed by atoms with E-state index in [1.54, 1.807) is 23.9 Å². The quantitative estimate of drug-likeness (QED) is 0.430. The van der Waals surface area contributed by atoms with Gasteiger partial charge in [-0.2, -0.15) is 11.8 Å². The second kappa shape index (κ2) is 7.16. The summed E-state index contributed by atoms with van der Waals surface area (Å²) in [5, 5.41) is 10.6. The molecule has 0 aromatic heterocycles. The SMILES string of the molecule is CCC(C)CSCC(=O)c1cccc([N+](=O)[O-])c1. The topological polar surface area (TPSA) is 60.2 Å². The van der Waals surface area contributed by atoms with Crippen LogP contribution in [0.2, 0.25) is 0 Å². The number of nitro groups is 1. The molecule has 0 aliphatic carbocycles. The molecule has 0 radical (unpaired) electrons. The number of hydrogen-bond acceptors (Lipinski definition) is 4. The largest absolute Gasteiger partial charge is 0.293 e. The van der Waals surface area contributed by atoms with Gasteiger partial charge in [0.25, 0.3) is 5.69 Å². The van der Waals surface area contributed by atoms with Crippen molar-refractivity contribution in [3.8, 4) is 0 Å². The number of nitrogens with zero attached hydrogens (tertiary/aromatic N) is 1. The van der Waals surface area contributed by atoms with Crippen LogP contribution < -0.4 is 0 Å². The van der Waals surface area contributed by atoms with E-state index in [9.17, 15) is 14.9 Å². The second-order valence-corrected chi connectivity index (χ2v) is 5.29. The number of nitro benzene ring substituents is 1. The zero-order chi connectivity index (χ0) is 13.5. The van der Waals surface area contributed by atoms with Crippen LogP contribution in [0.5, 0.6) is 0 Å². The van der Waals surface area contributed by atoms with Crippen LogP contribution in [0.25, 0.3) is 0 Å². The first kappa shape index (κ1) is 14.7. The smallest absolute Gasteiger partial charge is 0.270 e. The number of thioether (sulfide) groups is 1. The van der Waals surface area contributed by atoms with Crippen molar-refractivity contribution >= 4 is 23.2 Å². The lowest BCUT2D eigenvalue weighted by molar-refractivity contribution is -0.384. The van der Waals surface area contributed by atoms with Crippen molar-refractivity contribution in [1.29, 1.82) is 0 Å². The van der Waals surface area contributed by atoms with E-state index in [-0.39, 0.29) is 11.5 Å². The summed E-state index contributed by atoms with van der Waals surface area (Å²) in [4.78, 5) is 22.0. The van der Waals surface area contributed by atoms with Gasteiger partial charge in [0.1, 0.15) is 0 Å². The van der Waals surface area contributed by atoms with Crippen LogP contribution in [0.4, 0.5) is 5.69 Å². The van der Waals surface area contributed by atoms with E-state index in [0.29, 0.717) is 17.2 Å². The monoisotopic (exact) mass is 267 g/mol. The number of carbonyl (C=O) groups excluding carboxylic acids is 1. The first-order valence-electron chi connectivity index (χ1n) is 5.90. The van der Waals surface area contributed by atoms with Crippen molar-refractivity contribution in [2.75, 3.05) is 11.5 Å². The maximum Gasteiger partial charge on any atom is 0.270 e. The molecule has 4 nitrogen and oxygen atoms in total. The predicted octanol–water partition coefficient (Wildman–Crippen LogP) is 3.56. The van der Waals surface area contributed by atoms with Crippen molar-refractivity contribution in [3.05, 3.63) is 39.9 Å². The van der Waals surface area contributed by atoms with Gasteiger partial charge in [0.2, 0.25) is 0 Å². The van der Waals surface area contributed by atoms with E-state index in [4.69, 9.17) is 0 Å². The molecule has 1 aromatic rings. The Labute approximate surface area is 111 Å².